The first-order valence-corrected chi connectivity index (χ1v) is 6.96. The third kappa shape index (κ3) is 2.38. The summed E-state index contributed by atoms with van der Waals surface area (Å²) in [5.74, 6) is 1.03. The average Bonchev–Trinajstić information content (AvgIpc) is 2.87. The molecule has 2 aliphatic heterocycles. The van der Waals surface area contributed by atoms with Crippen molar-refractivity contribution in [3.8, 4) is 5.75 Å². The molecule has 3 heteroatoms. The normalized spacial score (nSPS) is 24.4. The minimum atomic E-state index is 0.0288. The first-order valence-electron chi connectivity index (χ1n) is 6.96. The molecule has 1 aromatic carbocycles. The number of benzene rings is 1. The van der Waals surface area contributed by atoms with E-state index < -0.39 is 0 Å². The van der Waals surface area contributed by atoms with Gasteiger partial charge in [-0.3, -0.25) is 0 Å². The van der Waals surface area contributed by atoms with Gasteiger partial charge < -0.3 is 15.2 Å². The summed E-state index contributed by atoms with van der Waals surface area (Å²) in [5.41, 5.74) is 8.79. The van der Waals surface area contributed by atoms with Crippen LogP contribution in [-0.2, 0) is 11.2 Å². The number of nitrogens with two attached hydrogens (primary N) is 1. The summed E-state index contributed by atoms with van der Waals surface area (Å²) in [7, 11) is 0. The molecule has 0 saturated carbocycles. The van der Waals surface area contributed by atoms with Gasteiger partial charge >= 0.3 is 0 Å². The van der Waals surface area contributed by atoms with Crippen LogP contribution < -0.4 is 10.5 Å². The minimum Gasteiger partial charge on any atom is -0.493 e. The Hall–Kier alpha value is -1.06. The lowest BCUT2D eigenvalue weighted by atomic mass is 9.95. The van der Waals surface area contributed by atoms with E-state index in [2.05, 4.69) is 18.2 Å². The van der Waals surface area contributed by atoms with Gasteiger partial charge in [-0.1, -0.05) is 18.2 Å². The van der Waals surface area contributed by atoms with Gasteiger partial charge in [-0.05, 0) is 31.2 Å². The maximum atomic E-state index is 6.34. The lowest BCUT2D eigenvalue weighted by molar-refractivity contribution is 0.00719. The van der Waals surface area contributed by atoms with Crippen molar-refractivity contribution in [2.24, 2.45) is 5.73 Å². The molecule has 1 saturated heterocycles. The molecule has 2 atom stereocenters. The van der Waals surface area contributed by atoms with E-state index in [1.807, 2.05) is 0 Å². The van der Waals surface area contributed by atoms with Gasteiger partial charge in [0.25, 0.3) is 0 Å². The molecule has 0 aromatic heterocycles. The second-order valence-corrected chi connectivity index (χ2v) is 5.26. The van der Waals surface area contributed by atoms with Crippen LogP contribution in [0, 0.1) is 0 Å². The molecule has 0 radical (unpaired) electrons. The molecule has 3 nitrogen and oxygen atoms in total. The van der Waals surface area contributed by atoms with Crippen LogP contribution in [0.15, 0.2) is 18.2 Å². The topological polar surface area (TPSA) is 44.5 Å². The Morgan fingerprint density at radius 2 is 2.22 bits per heavy atom. The minimum absolute atomic E-state index is 0.0288. The Balaban J connectivity index is 1.72. The van der Waals surface area contributed by atoms with Gasteiger partial charge in [0.1, 0.15) is 5.75 Å². The third-order valence-electron chi connectivity index (χ3n) is 3.94. The first-order chi connectivity index (χ1) is 8.84. The third-order valence-corrected chi connectivity index (χ3v) is 3.94. The second-order valence-electron chi connectivity index (χ2n) is 5.26. The van der Waals surface area contributed by atoms with Crippen LogP contribution in [0.5, 0.6) is 5.75 Å². The average molecular weight is 247 g/mol. The maximum Gasteiger partial charge on any atom is 0.127 e. The van der Waals surface area contributed by atoms with Gasteiger partial charge in [-0.15, -0.1) is 0 Å². The van der Waals surface area contributed by atoms with Gasteiger partial charge in [0.2, 0.25) is 0 Å². The molecule has 1 aromatic rings. The van der Waals surface area contributed by atoms with Gasteiger partial charge in [-0.2, -0.15) is 0 Å². The lowest BCUT2D eigenvalue weighted by Gasteiger charge is -2.26. The van der Waals surface area contributed by atoms with Crippen LogP contribution in [0.2, 0.25) is 0 Å². The zero-order valence-electron chi connectivity index (χ0n) is 10.7. The fourth-order valence-corrected chi connectivity index (χ4v) is 2.94. The molecule has 2 unspecified atom stereocenters. The van der Waals surface area contributed by atoms with E-state index >= 15 is 0 Å². The molecule has 2 aliphatic rings. The number of para-hydroxylation sites is 1. The number of rotatable bonds is 3. The maximum absolute atomic E-state index is 6.34. The molecule has 0 bridgehead atoms. The number of fused-ring (bicyclic) bond motifs is 1. The standard InChI is InChI=1S/C15H21NO2/c16-14(10-12-5-1-2-8-17-12)13-6-3-4-11-7-9-18-15(11)13/h3-4,6,12,14H,1-2,5,7-10,16H2. The van der Waals surface area contributed by atoms with Gasteiger partial charge in [0.05, 0.1) is 12.7 Å². The number of hydrogen-bond donors (Lipinski definition) is 1. The van der Waals surface area contributed by atoms with E-state index in [4.69, 9.17) is 15.2 Å². The van der Waals surface area contributed by atoms with E-state index in [1.54, 1.807) is 0 Å². The summed E-state index contributed by atoms with van der Waals surface area (Å²) < 4.78 is 11.5. The Labute approximate surface area is 108 Å². The Morgan fingerprint density at radius 3 is 3.06 bits per heavy atom. The van der Waals surface area contributed by atoms with Gasteiger partial charge in [0.15, 0.2) is 0 Å². The highest BCUT2D eigenvalue weighted by Gasteiger charge is 2.23. The zero-order chi connectivity index (χ0) is 12.4. The van der Waals surface area contributed by atoms with Crippen molar-refractivity contribution in [1.82, 2.24) is 0 Å². The molecule has 0 aliphatic carbocycles. The Kier molecular flexibility index (Phi) is 3.52. The largest absolute Gasteiger partial charge is 0.493 e. The summed E-state index contributed by atoms with van der Waals surface area (Å²) >= 11 is 0. The fraction of sp³-hybridized carbons (Fsp3) is 0.600. The molecule has 2 heterocycles. The van der Waals surface area contributed by atoms with E-state index in [1.165, 1.54) is 18.4 Å². The number of hydrogen-bond acceptors (Lipinski definition) is 3. The van der Waals surface area contributed by atoms with Crippen molar-refractivity contribution in [2.75, 3.05) is 13.2 Å². The van der Waals surface area contributed by atoms with Crippen LogP contribution in [0.25, 0.3) is 0 Å². The molecule has 0 amide bonds. The highest BCUT2D eigenvalue weighted by molar-refractivity contribution is 5.45. The smallest absolute Gasteiger partial charge is 0.127 e. The van der Waals surface area contributed by atoms with Crippen LogP contribution in [0.4, 0.5) is 0 Å². The van der Waals surface area contributed by atoms with Crippen molar-refractivity contribution in [3.63, 3.8) is 0 Å². The molecule has 18 heavy (non-hydrogen) atoms. The molecule has 2 N–H and O–H groups in total. The van der Waals surface area contributed by atoms with Crippen LogP contribution in [0.3, 0.4) is 0 Å². The summed E-state index contributed by atoms with van der Waals surface area (Å²) in [6.07, 6.45) is 5.83. The monoisotopic (exact) mass is 247 g/mol. The highest BCUT2D eigenvalue weighted by Crippen LogP contribution is 2.35. The highest BCUT2D eigenvalue weighted by atomic mass is 16.5. The van der Waals surface area contributed by atoms with Crippen molar-refractivity contribution in [2.45, 2.75) is 44.2 Å². The van der Waals surface area contributed by atoms with E-state index in [0.717, 1.165) is 43.8 Å². The van der Waals surface area contributed by atoms with E-state index in [0.29, 0.717) is 6.10 Å². The molecule has 3 rings (SSSR count). The van der Waals surface area contributed by atoms with Crippen LogP contribution >= 0.6 is 0 Å². The van der Waals surface area contributed by atoms with Gasteiger partial charge in [-0.25, -0.2) is 0 Å². The SMILES string of the molecule is NC(CC1CCCCO1)c1cccc2c1OCC2. The van der Waals surface area contributed by atoms with Gasteiger partial charge in [0, 0.05) is 24.6 Å². The van der Waals surface area contributed by atoms with Crippen molar-refractivity contribution in [3.05, 3.63) is 29.3 Å². The predicted octanol–water partition coefficient (Wildman–Crippen LogP) is 2.58. The van der Waals surface area contributed by atoms with E-state index in [-0.39, 0.29) is 6.04 Å². The predicted molar refractivity (Wildman–Crippen MR) is 70.8 cm³/mol. The first kappa shape index (κ1) is 12.0. The lowest BCUT2D eigenvalue weighted by Crippen LogP contribution is -2.25. The van der Waals surface area contributed by atoms with Crippen LogP contribution in [-0.4, -0.2) is 19.3 Å². The summed E-state index contributed by atoms with van der Waals surface area (Å²) in [4.78, 5) is 0. The van der Waals surface area contributed by atoms with E-state index in [9.17, 15) is 0 Å². The molecule has 0 spiro atoms. The second kappa shape index (κ2) is 5.29. The molecule has 1 fully saturated rings. The molecule has 98 valence electrons. The Morgan fingerprint density at radius 1 is 1.28 bits per heavy atom. The summed E-state index contributed by atoms with van der Waals surface area (Å²) in [5, 5.41) is 0. The summed E-state index contributed by atoms with van der Waals surface area (Å²) in [6, 6.07) is 6.35. The fourth-order valence-electron chi connectivity index (χ4n) is 2.94. The Bertz CT molecular complexity index is 413. The van der Waals surface area contributed by atoms with Crippen molar-refractivity contribution >= 4 is 0 Å². The summed E-state index contributed by atoms with van der Waals surface area (Å²) in [6.45, 7) is 1.68. The number of ether oxygens (including phenoxy) is 2. The molecular formula is C15H21NO2. The zero-order valence-corrected chi connectivity index (χ0v) is 10.7. The van der Waals surface area contributed by atoms with Crippen molar-refractivity contribution < 1.29 is 9.47 Å². The van der Waals surface area contributed by atoms with Crippen molar-refractivity contribution in [1.29, 1.82) is 0 Å². The quantitative estimate of drug-likeness (QED) is 0.893. The molecular weight excluding hydrogens is 226 g/mol. The van der Waals surface area contributed by atoms with Crippen LogP contribution in [0.1, 0.15) is 42.9 Å².